The van der Waals surface area contributed by atoms with Crippen molar-refractivity contribution in [3.63, 3.8) is 0 Å². The number of rotatable bonds is 3. The third-order valence-corrected chi connectivity index (χ3v) is 5.49. The fourth-order valence-electron chi connectivity index (χ4n) is 2.18. The summed E-state index contributed by atoms with van der Waals surface area (Å²) in [5.74, 6) is 0. The number of hydrogen-bond donors (Lipinski definition) is 0. The summed E-state index contributed by atoms with van der Waals surface area (Å²) in [6, 6.07) is 32.3. The summed E-state index contributed by atoms with van der Waals surface area (Å²) >= 11 is 0. The van der Waals surface area contributed by atoms with Crippen LogP contribution in [0.1, 0.15) is 0 Å². The minimum Gasteiger partial charge on any atom is -0.356 e. The largest absolute Gasteiger partial charge is 1.00 e. The van der Waals surface area contributed by atoms with Crippen LogP contribution in [0, 0.1) is 15.3 Å². The molecule has 0 aliphatic heterocycles. The van der Waals surface area contributed by atoms with Crippen LogP contribution >= 0.6 is 7.92 Å². The van der Waals surface area contributed by atoms with Gasteiger partial charge in [-0.1, -0.05) is 91.0 Å². The molecule has 0 aromatic heterocycles. The van der Waals surface area contributed by atoms with Crippen LogP contribution in [-0.2, 0) is 22.4 Å². The maximum absolute atomic E-state index is 8.25. The van der Waals surface area contributed by atoms with Crippen LogP contribution in [0.4, 0.5) is 0 Å². The minimum atomic E-state index is -1.75. The van der Waals surface area contributed by atoms with E-state index >= 15 is 0 Å². The topological polar surface area (TPSA) is 66.2 Å². The fraction of sp³-hybridized carbons (Fsp3) is 0. The van der Waals surface area contributed by atoms with Crippen molar-refractivity contribution in [2.45, 2.75) is 0 Å². The molecule has 0 radical (unpaired) electrons. The fourth-order valence-corrected chi connectivity index (χ4v) is 4.48. The van der Waals surface area contributed by atoms with Crippen molar-refractivity contribution in [2.24, 2.45) is 0 Å². The molecule has 4 nitrogen and oxygen atoms in total. The molecule has 0 aliphatic rings. The molecule has 6 heteroatoms. The van der Waals surface area contributed by atoms with Crippen molar-refractivity contribution >= 4 is 23.8 Å². The van der Waals surface area contributed by atoms with Crippen molar-refractivity contribution < 1.29 is 27.5 Å². The molecule has 0 amide bonds. The van der Waals surface area contributed by atoms with Gasteiger partial charge in [-0.3, -0.25) is 0 Å². The Hall–Kier alpha value is -1.97. The Kier molecular flexibility index (Phi) is 8.98. The maximum Gasteiger partial charge on any atom is 1.00 e. The molecule has 3 aromatic rings. The Balaban J connectivity index is 0.000000522. The van der Waals surface area contributed by atoms with Crippen LogP contribution < -0.4 is 15.9 Å². The molecular formula is C18H15AgNO3P. The van der Waals surface area contributed by atoms with Gasteiger partial charge in [-0.25, -0.2) is 0 Å². The van der Waals surface area contributed by atoms with Gasteiger partial charge in [-0.2, -0.15) is 0 Å². The van der Waals surface area contributed by atoms with Crippen LogP contribution in [0.5, 0.6) is 0 Å². The van der Waals surface area contributed by atoms with Crippen molar-refractivity contribution in [2.75, 3.05) is 0 Å². The van der Waals surface area contributed by atoms with Gasteiger partial charge in [0.2, 0.25) is 0 Å². The molecular weight excluding hydrogens is 417 g/mol. The second-order valence-corrected chi connectivity index (χ2v) is 6.79. The second kappa shape index (κ2) is 10.7. The minimum absolute atomic E-state index is 0. The molecule has 0 fully saturated rings. The molecule has 0 atom stereocenters. The predicted molar refractivity (Wildman–Crippen MR) is 95.5 cm³/mol. The standard InChI is InChI=1S/C18H15P.Ag.NO3/c1-4-10-16(11-5-1)19(17-12-6-2-7-13-17)18-14-8-3-9-15-18;;2-1(3)4/h1-15H;;/q;+1;-1. The van der Waals surface area contributed by atoms with Crippen LogP contribution in [0.25, 0.3) is 0 Å². The first-order chi connectivity index (χ1) is 11.2. The summed E-state index contributed by atoms with van der Waals surface area (Å²) in [5, 5.41) is 18.9. The quantitative estimate of drug-likeness (QED) is 0.277. The average molecular weight is 432 g/mol. The summed E-state index contributed by atoms with van der Waals surface area (Å²) in [7, 11) is -0.446. The Morgan fingerprint density at radius 3 is 1.00 bits per heavy atom. The van der Waals surface area contributed by atoms with Gasteiger partial charge in [0.1, 0.15) is 0 Å². The molecule has 0 saturated heterocycles. The SMILES string of the molecule is O=[N+]([O-])[O-].[Ag+].c1ccc(P(c2ccccc2)c2ccccc2)cc1. The molecule has 3 rings (SSSR count). The van der Waals surface area contributed by atoms with E-state index in [1.165, 1.54) is 15.9 Å². The summed E-state index contributed by atoms with van der Waals surface area (Å²) < 4.78 is 0. The van der Waals surface area contributed by atoms with Crippen molar-refractivity contribution in [3.8, 4) is 0 Å². The first kappa shape index (κ1) is 20.1. The third-order valence-electron chi connectivity index (χ3n) is 3.04. The molecule has 24 heavy (non-hydrogen) atoms. The van der Waals surface area contributed by atoms with Gasteiger partial charge in [0, 0.05) is 0 Å². The van der Waals surface area contributed by atoms with E-state index < -0.39 is 13.0 Å². The van der Waals surface area contributed by atoms with E-state index in [1.54, 1.807) is 0 Å². The van der Waals surface area contributed by atoms with Crippen molar-refractivity contribution in [1.82, 2.24) is 0 Å². The Bertz CT molecular complexity index is 629. The second-order valence-electron chi connectivity index (χ2n) is 4.57. The zero-order valence-electron chi connectivity index (χ0n) is 12.6. The van der Waals surface area contributed by atoms with E-state index in [9.17, 15) is 0 Å². The Morgan fingerprint density at radius 1 is 0.583 bits per heavy atom. The van der Waals surface area contributed by atoms with Gasteiger partial charge in [0.05, 0.1) is 5.09 Å². The van der Waals surface area contributed by atoms with E-state index in [2.05, 4.69) is 91.0 Å². The predicted octanol–water partition coefficient (Wildman–Crippen LogP) is 3.20. The van der Waals surface area contributed by atoms with Gasteiger partial charge in [0.15, 0.2) is 0 Å². The number of hydrogen-bond acceptors (Lipinski definition) is 3. The van der Waals surface area contributed by atoms with Crippen LogP contribution in [0.3, 0.4) is 0 Å². The van der Waals surface area contributed by atoms with Crippen molar-refractivity contribution in [1.29, 1.82) is 0 Å². The number of benzene rings is 3. The summed E-state index contributed by atoms with van der Waals surface area (Å²) in [5.41, 5.74) is 0. The van der Waals surface area contributed by atoms with E-state index in [0.29, 0.717) is 0 Å². The zero-order chi connectivity index (χ0) is 16.5. The molecule has 3 aromatic carbocycles. The average Bonchev–Trinajstić information content (AvgIpc) is 2.58. The molecule has 0 aliphatic carbocycles. The Labute approximate surface area is 157 Å². The molecule has 0 N–H and O–H groups in total. The summed E-state index contributed by atoms with van der Waals surface area (Å²) in [6.45, 7) is 0. The van der Waals surface area contributed by atoms with Crippen LogP contribution in [0.15, 0.2) is 91.0 Å². The molecule has 0 heterocycles. The van der Waals surface area contributed by atoms with Gasteiger partial charge in [0.25, 0.3) is 0 Å². The van der Waals surface area contributed by atoms with E-state index in [1.807, 2.05) is 0 Å². The van der Waals surface area contributed by atoms with E-state index in [-0.39, 0.29) is 22.4 Å². The molecule has 0 unspecified atom stereocenters. The van der Waals surface area contributed by atoms with Gasteiger partial charge < -0.3 is 15.3 Å². The van der Waals surface area contributed by atoms with E-state index in [4.69, 9.17) is 15.3 Å². The van der Waals surface area contributed by atoms with Crippen LogP contribution in [0.2, 0.25) is 0 Å². The Morgan fingerprint density at radius 2 is 0.792 bits per heavy atom. The van der Waals surface area contributed by atoms with Crippen LogP contribution in [-0.4, -0.2) is 5.09 Å². The zero-order valence-corrected chi connectivity index (χ0v) is 15.0. The summed E-state index contributed by atoms with van der Waals surface area (Å²) in [6.07, 6.45) is 0. The van der Waals surface area contributed by atoms with Gasteiger partial charge in [-0.05, 0) is 23.8 Å². The van der Waals surface area contributed by atoms with Gasteiger partial charge in [-0.15, -0.1) is 0 Å². The summed E-state index contributed by atoms with van der Waals surface area (Å²) in [4.78, 5) is 8.25. The first-order valence-electron chi connectivity index (χ1n) is 6.95. The molecule has 0 saturated carbocycles. The van der Waals surface area contributed by atoms with E-state index in [0.717, 1.165) is 0 Å². The first-order valence-corrected chi connectivity index (χ1v) is 8.29. The maximum atomic E-state index is 8.25. The molecule has 126 valence electrons. The number of nitrogens with zero attached hydrogens (tertiary/aromatic N) is 1. The van der Waals surface area contributed by atoms with Gasteiger partial charge >= 0.3 is 22.4 Å². The molecule has 0 bridgehead atoms. The normalized spacial score (nSPS) is 9.38. The van der Waals surface area contributed by atoms with Crippen molar-refractivity contribution in [3.05, 3.63) is 106 Å². The smallest absolute Gasteiger partial charge is 0.356 e. The monoisotopic (exact) mass is 431 g/mol. The molecule has 0 spiro atoms. The third kappa shape index (κ3) is 6.26.